The van der Waals surface area contributed by atoms with Crippen LogP contribution in [0.1, 0.15) is 38.9 Å². The Hall–Kier alpha value is -6.88. The van der Waals surface area contributed by atoms with Gasteiger partial charge in [0.25, 0.3) is 0 Å². The van der Waals surface area contributed by atoms with Gasteiger partial charge in [0.05, 0.1) is 46.8 Å². The summed E-state index contributed by atoms with van der Waals surface area (Å²) in [4.78, 5) is 29.2. The van der Waals surface area contributed by atoms with Crippen molar-refractivity contribution in [3.05, 3.63) is 251 Å². The SMILES string of the molecule is COC(=O)[C@H]1O[C@@H](OCc2ccccc2)[C@H](OCc2ccccc2)[C@@H](OCc2ccccc2)[C@H]1O[C@H]1O[C@H](C(=O)OCc2ccccc2)[C@H](OCc2ccccc2)[C@H](OCc2ccccc2)[C@H]1OCc1ccccc1. The Morgan fingerprint density at radius 2 is 0.600 bits per heavy atom. The Kier molecular flexibility index (Phi) is 19.5. The van der Waals surface area contributed by atoms with E-state index in [9.17, 15) is 9.59 Å². The maximum atomic E-state index is 14.8. The van der Waals surface area contributed by atoms with E-state index in [-0.39, 0.29) is 46.2 Å². The predicted octanol–water partition coefficient (Wildman–Crippen LogP) is 9.88. The summed E-state index contributed by atoms with van der Waals surface area (Å²) in [6.45, 7) is 0.497. The van der Waals surface area contributed by atoms with E-state index in [2.05, 4.69) is 0 Å². The second kappa shape index (κ2) is 27.6. The minimum atomic E-state index is -1.49. The molecule has 0 bridgehead atoms. The minimum Gasteiger partial charge on any atom is -0.467 e. The van der Waals surface area contributed by atoms with Crippen LogP contribution in [0.15, 0.2) is 212 Å². The summed E-state index contributed by atoms with van der Waals surface area (Å²) < 4.78 is 73.4. The zero-order valence-corrected chi connectivity index (χ0v) is 41.7. The van der Waals surface area contributed by atoms with Gasteiger partial charge in [0.2, 0.25) is 0 Å². The average Bonchev–Trinajstić information content (AvgIpc) is 3.47. The van der Waals surface area contributed by atoms with Crippen LogP contribution >= 0.6 is 0 Å². The van der Waals surface area contributed by atoms with E-state index in [1.807, 2.05) is 212 Å². The van der Waals surface area contributed by atoms with E-state index in [4.69, 9.17) is 52.1 Å². The zero-order valence-electron chi connectivity index (χ0n) is 41.7. The van der Waals surface area contributed by atoms with Crippen molar-refractivity contribution in [1.82, 2.24) is 0 Å². The Labute approximate surface area is 438 Å². The van der Waals surface area contributed by atoms with E-state index < -0.39 is 73.4 Å². The van der Waals surface area contributed by atoms with Crippen LogP contribution in [0.25, 0.3) is 0 Å². The largest absolute Gasteiger partial charge is 0.467 e. The molecule has 388 valence electrons. The van der Waals surface area contributed by atoms with E-state index >= 15 is 0 Å². The molecule has 0 aliphatic carbocycles. The lowest BCUT2D eigenvalue weighted by Crippen LogP contribution is -2.67. The topological polar surface area (TPSA) is 136 Å². The van der Waals surface area contributed by atoms with Crippen LogP contribution in [0.5, 0.6) is 0 Å². The number of rotatable bonds is 24. The quantitative estimate of drug-likeness (QED) is 0.0532. The van der Waals surface area contributed by atoms with Crippen molar-refractivity contribution >= 4 is 11.9 Å². The highest BCUT2D eigenvalue weighted by atomic mass is 16.8. The van der Waals surface area contributed by atoms with Gasteiger partial charge in [-0.3, -0.25) is 0 Å². The number of carbonyl (C=O) groups is 2. The molecular formula is C62H62O13. The molecule has 0 saturated carbocycles. The highest BCUT2D eigenvalue weighted by molar-refractivity contribution is 5.76. The van der Waals surface area contributed by atoms with Crippen LogP contribution in [0.4, 0.5) is 0 Å². The van der Waals surface area contributed by atoms with Gasteiger partial charge < -0.3 is 52.1 Å². The van der Waals surface area contributed by atoms with Crippen LogP contribution in [-0.4, -0.2) is 80.5 Å². The molecular weight excluding hydrogens is 953 g/mol. The molecule has 0 unspecified atom stereocenters. The second-order valence-corrected chi connectivity index (χ2v) is 18.2. The molecule has 13 nitrogen and oxygen atoms in total. The van der Waals surface area contributed by atoms with Crippen molar-refractivity contribution in [2.24, 2.45) is 0 Å². The Balaban J connectivity index is 1.14. The molecule has 2 aliphatic heterocycles. The van der Waals surface area contributed by atoms with Crippen LogP contribution in [0, 0.1) is 0 Å². The summed E-state index contributed by atoms with van der Waals surface area (Å²) in [5.74, 6) is -1.51. The first-order chi connectivity index (χ1) is 37.0. The van der Waals surface area contributed by atoms with Gasteiger partial charge >= 0.3 is 11.9 Å². The maximum Gasteiger partial charge on any atom is 0.338 e. The van der Waals surface area contributed by atoms with E-state index in [0.717, 1.165) is 38.9 Å². The molecule has 10 atom stereocenters. The Morgan fingerprint density at radius 1 is 0.320 bits per heavy atom. The summed E-state index contributed by atoms with van der Waals surface area (Å²) in [6.07, 6.45) is -12.5. The summed E-state index contributed by atoms with van der Waals surface area (Å²) in [5.41, 5.74) is 5.89. The van der Waals surface area contributed by atoms with Crippen LogP contribution in [0.2, 0.25) is 0 Å². The highest BCUT2D eigenvalue weighted by Crippen LogP contribution is 2.37. The number of esters is 2. The molecule has 2 aliphatic rings. The third-order valence-corrected chi connectivity index (χ3v) is 12.9. The molecule has 2 fully saturated rings. The van der Waals surface area contributed by atoms with Gasteiger partial charge in [0, 0.05) is 0 Å². The minimum absolute atomic E-state index is 0.0545. The number of carbonyl (C=O) groups excluding carboxylic acids is 2. The number of ether oxygens (including phenoxy) is 11. The lowest BCUT2D eigenvalue weighted by Gasteiger charge is -2.49. The average molecular weight is 1020 g/mol. The molecule has 0 aromatic heterocycles. The zero-order chi connectivity index (χ0) is 51.4. The van der Waals surface area contributed by atoms with Crippen LogP contribution < -0.4 is 0 Å². The van der Waals surface area contributed by atoms with Crippen LogP contribution in [0.3, 0.4) is 0 Å². The van der Waals surface area contributed by atoms with Gasteiger partial charge in [0.15, 0.2) is 24.8 Å². The third-order valence-electron chi connectivity index (χ3n) is 12.9. The summed E-state index contributed by atoms with van der Waals surface area (Å²) >= 11 is 0. The van der Waals surface area contributed by atoms with Crippen LogP contribution in [-0.2, 0) is 108 Å². The first-order valence-electron chi connectivity index (χ1n) is 25.2. The fourth-order valence-electron chi connectivity index (χ4n) is 8.97. The lowest BCUT2D eigenvalue weighted by molar-refractivity contribution is -0.369. The van der Waals surface area contributed by atoms with Gasteiger partial charge in [-0.05, 0) is 38.9 Å². The van der Waals surface area contributed by atoms with Gasteiger partial charge in [-0.15, -0.1) is 0 Å². The van der Waals surface area contributed by atoms with Gasteiger partial charge in [-0.1, -0.05) is 212 Å². The number of methoxy groups -OCH3 is 1. The van der Waals surface area contributed by atoms with E-state index in [1.54, 1.807) is 0 Å². The normalized spacial score (nSPS) is 23.5. The standard InChI is InChI=1S/C62H62O13/c1-65-59(63)56-54(53(68-39-46-27-13-4-14-28-46)57(69-40-47-29-15-5-16-30-47)61(74-56)72-43-50-35-21-8-22-36-50)73-62-58(70-41-48-31-17-6-18-32-48)52(67-38-45-25-11-3-12-26-45)51(66-37-44-23-9-2-10-24-44)55(75-62)60(64)71-42-49-33-19-7-20-34-49/h2-36,51-58,61-62H,37-43H2,1H3/t51-,52+,53+,54-,55+,56+,57-,58-,61-,62+/m1/s1. The van der Waals surface area contributed by atoms with Crippen molar-refractivity contribution in [2.75, 3.05) is 7.11 Å². The fraction of sp³-hybridized carbons (Fsp3) is 0.290. The van der Waals surface area contributed by atoms with Gasteiger partial charge in [-0.2, -0.15) is 0 Å². The van der Waals surface area contributed by atoms with Gasteiger partial charge in [0.1, 0.15) is 43.2 Å². The van der Waals surface area contributed by atoms with Crippen molar-refractivity contribution in [2.45, 2.75) is 108 Å². The predicted molar refractivity (Wildman–Crippen MR) is 277 cm³/mol. The number of hydrogen-bond donors (Lipinski definition) is 0. The van der Waals surface area contributed by atoms with Crippen molar-refractivity contribution in [3.63, 3.8) is 0 Å². The Bertz CT molecular complexity index is 2740. The summed E-state index contributed by atoms with van der Waals surface area (Å²) in [7, 11) is 1.27. The second-order valence-electron chi connectivity index (χ2n) is 18.2. The molecule has 2 heterocycles. The molecule has 7 aromatic rings. The molecule has 13 heteroatoms. The first-order valence-corrected chi connectivity index (χ1v) is 25.2. The number of benzene rings is 7. The molecule has 75 heavy (non-hydrogen) atoms. The molecule has 9 rings (SSSR count). The summed E-state index contributed by atoms with van der Waals surface area (Å²) in [6, 6.07) is 67.1. The molecule has 0 amide bonds. The number of hydrogen-bond acceptors (Lipinski definition) is 13. The van der Waals surface area contributed by atoms with E-state index in [1.165, 1.54) is 7.11 Å². The van der Waals surface area contributed by atoms with E-state index in [0.29, 0.717) is 0 Å². The smallest absolute Gasteiger partial charge is 0.338 e. The third kappa shape index (κ3) is 14.9. The highest BCUT2D eigenvalue weighted by Gasteiger charge is 2.57. The monoisotopic (exact) mass is 1010 g/mol. The summed E-state index contributed by atoms with van der Waals surface area (Å²) in [5, 5.41) is 0. The Morgan fingerprint density at radius 3 is 0.973 bits per heavy atom. The maximum absolute atomic E-state index is 14.8. The molecule has 0 N–H and O–H groups in total. The fourth-order valence-corrected chi connectivity index (χ4v) is 8.97. The molecule has 2 saturated heterocycles. The van der Waals surface area contributed by atoms with Crippen molar-refractivity contribution < 1.29 is 61.7 Å². The molecule has 0 radical (unpaired) electrons. The van der Waals surface area contributed by atoms with Gasteiger partial charge in [-0.25, -0.2) is 9.59 Å². The molecule has 0 spiro atoms. The first kappa shape index (κ1) is 53.0. The van der Waals surface area contributed by atoms with Crippen molar-refractivity contribution in [1.29, 1.82) is 0 Å². The lowest BCUT2D eigenvalue weighted by atomic mass is 9.95. The van der Waals surface area contributed by atoms with Crippen molar-refractivity contribution in [3.8, 4) is 0 Å². The molecule has 7 aromatic carbocycles.